The van der Waals surface area contributed by atoms with Crippen LogP contribution in [0.15, 0.2) is 0 Å². The van der Waals surface area contributed by atoms with Crippen LogP contribution in [0.4, 0.5) is 0 Å². The largest absolute Gasteiger partial charge is 0.393 e. The number of thiocarbonyl (C=S) groups is 1. The third-order valence-electron chi connectivity index (χ3n) is 3.23. The third kappa shape index (κ3) is 3.74. The van der Waals surface area contributed by atoms with Crippen LogP contribution in [-0.2, 0) is 4.79 Å². The number of hydrogen-bond donors (Lipinski definition) is 1. The van der Waals surface area contributed by atoms with Crippen LogP contribution in [0, 0.1) is 11.3 Å². The molecular weight excluding hydrogens is 220 g/mol. The summed E-state index contributed by atoms with van der Waals surface area (Å²) in [5.41, 5.74) is 5.63. The van der Waals surface area contributed by atoms with Gasteiger partial charge in [0, 0.05) is 13.1 Å². The Balaban J connectivity index is 4.79. The molecule has 0 aliphatic heterocycles. The molecule has 0 rings (SSSR count). The van der Waals surface area contributed by atoms with E-state index in [0.29, 0.717) is 11.4 Å². The van der Waals surface area contributed by atoms with E-state index in [4.69, 9.17) is 18.0 Å². The molecule has 2 unspecified atom stereocenters. The topological polar surface area (TPSA) is 46.3 Å². The number of hydrogen-bond acceptors (Lipinski definition) is 2. The third-order valence-corrected chi connectivity index (χ3v) is 3.52. The molecule has 0 radical (unpaired) electrons. The molecule has 0 aliphatic carbocycles. The zero-order chi connectivity index (χ0) is 13.1. The van der Waals surface area contributed by atoms with E-state index in [0.717, 1.165) is 0 Å². The maximum atomic E-state index is 12.2. The van der Waals surface area contributed by atoms with Gasteiger partial charge in [-0.3, -0.25) is 4.79 Å². The van der Waals surface area contributed by atoms with Gasteiger partial charge < -0.3 is 10.6 Å². The lowest BCUT2D eigenvalue weighted by Gasteiger charge is -2.36. The Morgan fingerprint density at radius 3 is 2.12 bits per heavy atom. The summed E-state index contributed by atoms with van der Waals surface area (Å²) in [6, 6.07) is 0.156. The number of rotatable bonds is 4. The van der Waals surface area contributed by atoms with Gasteiger partial charge in [-0.25, -0.2) is 0 Å². The average Bonchev–Trinajstić information content (AvgIpc) is 2.14. The maximum absolute atomic E-state index is 12.2. The summed E-state index contributed by atoms with van der Waals surface area (Å²) < 4.78 is 0. The first-order chi connectivity index (χ1) is 7.12. The highest BCUT2D eigenvalue weighted by molar-refractivity contribution is 7.80. The molecule has 0 saturated carbocycles. The van der Waals surface area contributed by atoms with E-state index in [1.165, 1.54) is 0 Å². The molecule has 3 nitrogen and oxygen atoms in total. The van der Waals surface area contributed by atoms with E-state index >= 15 is 0 Å². The number of nitrogens with zero attached hydrogens (tertiary/aromatic N) is 1. The van der Waals surface area contributed by atoms with Crippen LogP contribution in [0.1, 0.15) is 41.0 Å². The number of nitrogens with two attached hydrogens (primary N) is 1. The lowest BCUT2D eigenvalue weighted by Crippen LogP contribution is -2.47. The zero-order valence-electron chi connectivity index (χ0n) is 11.2. The van der Waals surface area contributed by atoms with Crippen molar-refractivity contribution in [2.24, 2.45) is 17.1 Å². The van der Waals surface area contributed by atoms with Gasteiger partial charge in [0.1, 0.15) is 0 Å². The fourth-order valence-electron chi connectivity index (χ4n) is 1.52. The van der Waals surface area contributed by atoms with Crippen LogP contribution < -0.4 is 5.73 Å². The molecule has 0 aliphatic rings. The van der Waals surface area contributed by atoms with Crippen LogP contribution in [0.3, 0.4) is 0 Å². The van der Waals surface area contributed by atoms with E-state index in [9.17, 15) is 4.79 Å². The first-order valence-electron chi connectivity index (χ1n) is 5.68. The monoisotopic (exact) mass is 244 g/mol. The first kappa shape index (κ1) is 15.4. The van der Waals surface area contributed by atoms with Gasteiger partial charge in [-0.1, -0.05) is 39.9 Å². The van der Waals surface area contributed by atoms with Gasteiger partial charge in [-0.05, 0) is 18.8 Å². The van der Waals surface area contributed by atoms with E-state index in [1.54, 1.807) is 4.90 Å². The summed E-state index contributed by atoms with van der Waals surface area (Å²) in [6.45, 7) is 10.3. The Hall–Kier alpha value is -0.640. The van der Waals surface area contributed by atoms with Crippen molar-refractivity contribution in [3.05, 3.63) is 0 Å². The summed E-state index contributed by atoms with van der Waals surface area (Å²) in [7, 11) is 1.82. The molecule has 0 spiro atoms. The Kier molecular flexibility index (Phi) is 5.39. The molecule has 1 amide bonds. The lowest BCUT2D eigenvalue weighted by atomic mass is 9.86. The molecule has 16 heavy (non-hydrogen) atoms. The van der Waals surface area contributed by atoms with Crippen molar-refractivity contribution >= 4 is 23.1 Å². The molecule has 2 N–H and O–H groups in total. The van der Waals surface area contributed by atoms with E-state index in [-0.39, 0.29) is 23.3 Å². The Morgan fingerprint density at radius 2 is 1.88 bits per heavy atom. The molecule has 0 aromatic rings. The van der Waals surface area contributed by atoms with Crippen molar-refractivity contribution in [3.63, 3.8) is 0 Å². The number of carbonyl (C=O) groups is 1. The van der Waals surface area contributed by atoms with Gasteiger partial charge in [-0.2, -0.15) is 0 Å². The van der Waals surface area contributed by atoms with Gasteiger partial charge in [-0.15, -0.1) is 0 Å². The van der Waals surface area contributed by atoms with Crippen LogP contribution in [0.25, 0.3) is 0 Å². The molecule has 0 bridgehead atoms. The van der Waals surface area contributed by atoms with Crippen LogP contribution in [-0.4, -0.2) is 28.9 Å². The van der Waals surface area contributed by atoms with Gasteiger partial charge in [0.2, 0.25) is 5.91 Å². The molecule has 0 heterocycles. The van der Waals surface area contributed by atoms with Gasteiger partial charge in [0.05, 0.1) is 10.9 Å². The minimum Gasteiger partial charge on any atom is -0.393 e. The second-order valence-electron chi connectivity index (χ2n) is 5.35. The molecular formula is C12H24N2OS. The minimum absolute atomic E-state index is 0.0254. The van der Waals surface area contributed by atoms with E-state index in [2.05, 4.69) is 20.8 Å². The van der Waals surface area contributed by atoms with Crippen molar-refractivity contribution in [1.82, 2.24) is 4.90 Å². The smallest absolute Gasteiger partial charge is 0.232 e. The number of amides is 1. The van der Waals surface area contributed by atoms with Crippen molar-refractivity contribution < 1.29 is 4.79 Å². The molecule has 2 atom stereocenters. The predicted octanol–water partition coefficient (Wildman–Crippen LogP) is 2.19. The van der Waals surface area contributed by atoms with Crippen molar-refractivity contribution in [3.8, 4) is 0 Å². The van der Waals surface area contributed by atoms with Crippen LogP contribution >= 0.6 is 12.2 Å². The quantitative estimate of drug-likeness (QED) is 0.771. The summed E-state index contributed by atoms with van der Waals surface area (Å²) >= 11 is 4.92. The minimum atomic E-state index is -0.329. The van der Waals surface area contributed by atoms with Gasteiger partial charge in [0.15, 0.2) is 0 Å². The average molecular weight is 244 g/mol. The van der Waals surface area contributed by atoms with Gasteiger partial charge >= 0.3 is 0 Å². The molecule has 4 heteroatoms. The predicted molar refractivity (Wildman–Crippen MR) is 72.3 cm³/mol. The van der Waals surface area contributed by atoms with E-state index < -0.39 is 0 Å². The highest BCUT2D eigenvalue weighted by atomic mass is 32.1. The van der Waals surface area contributed by atoms with Crippen molar-refractivity contribution in [2.45, 2.75) is 47.1 Å². The van der Waals surface area contributed by atoms with Crippen LogP contribution in [0.2, 0.25) is 0 Å². The first-order valence-corrected chi connectivity index (χ1v) is 6.09. The summed E-state index contributed by atoms with van der Waals surface area (Å²) in [4.78, 5) is 14.2. The zero-order valence-corrected chi connectivity index (χ0v) is 12.0. The summed E-state index contributed by atoms with van der Waals surface area (Å²) in [5, 5.41) is 0. The second kappa shape index (κ2) is 5.62. The SMILES string of the molecule is CCC(C(=O)N(C)C(C)C(C)(C)C)C(N)=S. The lowest BCUT2D eigenvalue weighted by molar-refractivity contribution is -0.135. The normalized spacial score (nSPS) is 15.4. The maximum Gasteiger partial charge on any atom is 0.232 e. The standard InChI is InChI=1S/C12H24N2OS/c1-7-9(10(13)16)11(15)14(6)8(2)12(3,4)5/h8-9H,7H2,1-6H3,(H2,13,16). The van der Waals surface area contributed by atoms with E-state index in [1.807, 2.05) is 20.9 Å². The van der Waals surface area contributed by atoms with Crippen molar-refractivity contribution in [1.29, 1.82) is 0 Å². The fraction of sp³-hybridized carbons (Fsp3) is 0.833. The second-order valence-corrected chi connectivity index (χ2v) is 5.83. The molecule has 0 fully saturated rings. The Bertz CT molecular complexity index is 271. The summed E-state index contributed by atoms with van der Waals surface area (Å²) in [5.74, 6) is -0.303. The molecule has 94 valence electrons. The molecule has 0 saturated heterocycles. The Labute approximate surface area is 104 Å². The molecule has 0 aromatic heterocycles. The highest BCUT2D eigenvalue weighted by Gasteiger charge is 2.31. The number of carbonyl (C=O) groups excluding carboxylic acids is 1. The fourth-order valence-corrected chi connectivity index (χ4v) is 1.78. The Morgan fingerprint density at radius 1 is 1.44 bits per heavy atom. The van der Waals surface area contributed by atoms with Crippen LogP contribution in [0.5, 0.6) is 0 Å². The van der Waals surface area contributed by atoms with Gasteiger partial charge in [0.25, 0.3) is 0 Å². The summed E-state index contributed by atoms with van der Waals surface area (Å²) in [6.07, 6.45) is 0.662. The highest BCUT2D eigenvalue weighted by Crippen LogP contribution is 2.24. The molecule has 0 aromatic carbocycles. The van der Waals surface area contributed by atoms with Crippen molar-refractivity contribution in [2.75, 3.05) is 7.05 Å².